The highest BCUT2D eigenvalue weighted by Gasteiger charge is 2.53. The molecule has 0 amide bonds. The number of hydrogen-bond acceptors (Lipinski definition) is 18. The van der Waals surface area contributed by atoms with E-state index in [1.165, 1.54) is 7.11 Å². The molecule has 0 saturated carbocycles. The number of aldehydes is 1. The summed E-state index contributed by atoms with van der Waals surface area (Å²) in [5.41, 5.74) is 0.474. The summed E-state index contributed by atoms with van der Waals surface area (Å²) in [7, 11) is 6.82. The minimum Gasteiger partial charge on any atom is -0.466 e. The fourth-order valence-electron chi connectivity index (χ4n) is 10.0. The zero-order valence-corrected chi connectivity index (χ0v) is 42.7. The van der Waals surface area contributed by atoms with Gasteiger partial charge in [0, 0.05) is 57.5 Å². The van der Waals surface area contributed by atoms with Crippen molar-refractivity contribution in [1.82, 2.24) is 14.8 Å². The largest absolute Gasteiger partial charge is 0.466 e. The van der Waals surface area contributed by atoms with Crippen LogP contribution >= 0.6 is 0 Å². The van der Waals surface area contributed by atoms with Gasteiger partial charge in [-0.3, -0.25) is 19.4 Å². The van der Waals surface area contributed by atoms with Crippen molar-refractivity contribution >= 4 is 35.1 Å². The number of hydrogen-bond donors (Lipinski definition) is 3. The first-order valence-electron chi connectivity index (χ1n) is 24.8. The number of aliphatic hydroxyl groups is 3. The predicted molar refractivity (Wildman–Crippen MR) is 258 cm³/mol. The van der Waals surface area contributed by atoms with E-state index < -0.39 is 115 Å². The summed E-state index contributed by atoms with van der Waals surface area (Å²) in [5.74, 6) is -2.89. The Bertz CT molecular complexity index is 2020. The first-order valence-corrected chi connectivity index (χ1v) is 24.8. The van der Waals surface area contributed by atoms with Gasteiger partial charge in [0.1, 0.15) is 36.3 Å². The maximum absolute atomic E-state index is 13.8. The summed E-state index contributed by atoms with van der Waals surface area (Å²) in [6.07, 6.45) is -3.78. The maximum atomic E-state index is 13.8. The molecule has 3 fully saturated rings. The van der Waals surface area contributed by atoms with Gasteiger partial charge in [0.15, 0.2) is 18.7 Å². The first kappa shape index (κ1) is 57.0. The number of para-hydroxylation sites is 1. The van der Waals surface area contributed by atoms with Crippen LogP contribution in [0.25, 0.3) is 10.9 Å². The molecule has 0 radical (unpaired) electrons. The molecular weight excluding hydrogens is 907 g/mol. The van der Waals surface area contributed by atoms with Crippen molar-refractivity contribution in [3.8, 4) is 0 Å². The Kier molecular flexibility index (Phi) is 21.7. The number of pyridine rings is 1. The van der Waals surface area contributed by atoms with Crippen LogP contribution in [0.3, 0.4) is 0 Å². The van der Waals surface area contributed by atoms with Crippen molar-refractivity contribution < 1.29 is 72.4 Å². The van der Waals surface area contributed by atoms with E-state index in [1.807, 2.05) is 49.3 Å². The Morgan fingerprint density at radius 1 is 0.986 bits per heavy atom. The second-order valence-electron chi connectivity index (χ2n) is 19.8. The van der Waals surface area contributed by atoms with Gasteiger partial charge in [-0.15, -0.1) is 0 Å². The van der Waals surface area contributed by atoms with Crippen molar-refractivity contribution in [3.63, 3.8) is 0 Å². The van der Waals surface area contributed by atoms with Crippen LogP contribution in [0, 0.1) is 17.8 Å². The molecule has 1 aromatic heterocycles. The Hall–Kier alpha value is -3.95. The lowest BCUT2D eigenvalue weighted by Gasteiger charge is -2.50. The second kappa shape index (κ2) is 26.7. The number of aliphatic hydroxyl groups excluding tert-OH is 2. The van der Waals surface area contributed by atoms with Gasteiger partial charge in [-0.2, -0.15) is 0 Å². The smallest absolute Gasteiger partial charge is 0.309 e. The third-order valence-corrected chi connectivity index (χ3v) is 13.8. The SMILES string of the molecule is CCC(=O)O[C@@H]1CC(=O)OCCC(/C=C\Cc2cnc3ccccc3c2)CN(C)C[C@H](O)[C@H](C)C[C@H](CC=O)[C@H](O[C@@H]2OC(C)[C@H](O[C@H]3CC(C)(O)[C@@H](OC(=O)CC)C(C)O3)C(N(C)C)C2O)[C@H]1OC. The average Bonchev–Trinajstić information content (AvgIpc) is 3.30. The number of cyclic esters (lactones) is 1. The van der Waals surface area contributed by atoms with Gasteiger partial charge in [-0.1, -0.05) is 51.1 Å². The highest BCUT2D eigenvalue weighted by molar-refractivity contribution is 5.78. The fourth-order valence-corrected chi connectivity index (χ4v) is 10.0. The number of rotatable bonds is 15. The molecule has 1 aromatic carbocycles. The third kappa shape index (κ3) is 15.5. The summed E-state index contributed by atoms with van der Waals surface area (Å²) < 4.78 is 49.3. The average molecular weight is 986 g/mol. The van der Waals surface area contributed by atoms with Crippen LogP contribution in [0.5, 0.6) is 0 Å². The van der Waals surface area contributed by atoms with E-state index in [4.69, 9.17) is 37.9 Å². The molecule has 16 atom stereocenters. The van der Waals surface area contributed by atoms with Gasteiger partial charge in [0.2, 0.25) is 0 Å². The summed E-state index contributed by atoms with van der Waals surface area (Å²) in [6, 6.07) is 9.26. The zero-order chi connectivity index (χ0) is 51.3. The lowest BCUT2D eigenvalue weighted by Crippen LogP contribution is -2.66. The molecule has 3 saturated heterocycles. The van der Waals surface area contributed by atoms with Crippen LogP contribution in [0.15, 0.2) is 48.7 Å². The molecule has 5 rings (SSSR count). The van der Waals surface area contributed by atoms with E-state index in [1.54, 1.807) is 53.6 Å². The van der Waals surface area contributed by atoms with Crippen LogP contribution in [-0.4, -0.2) is 181 Å². The Labute approximate surface area is 413 Å². The molecule has 392 valence electrons. The Morgan fingerprint density at radius 3 is 2.37 bits per heavy atom. The van der Waals surface area contributed by atoms with Gasteiger partial charge in [0.05, 0.1) is 49.0 Å². The summed E-state index contributed by atoms with van der Waals surface area (Å²) in [4.78, 5) is 60.0. The third-order valence-electron chi connectivity index (χ3n) is 13.8. The number of carbonyl (C=O) groups excluding carboxylic acids is 4. The van der Waals surface area contributed by atoms with Gasteiger partial charge in [-0.25, -0.2) is 0 Å². The van der Waals surface area contributed by atoms with Gasteiger partial charge in [-0.05, 0) is 96.6 Å². The number of aromatic nitrogens is 1. The molecule has 0 bridgehead atoms. The summed E-state index contributed by atoms with van der Waals surface area (Å²) in [6.45, 7) is 11.1. The molecule has 2 aromatic rings. The Balaban J connectivity index is 1.40. The number of methoxy groups -OCH3 is 1. The maximum Gasteiger partial charge on any atom is 0.309 e. The topological polar surface area (TPSA) is 222 Å². The normalized spacial score (nSPS) is 35.6. The van der Waals surface area contributed by atoms with Crippen LogP contribution in [0.4, 0.5) is 0 Å². The zero-order valence-electron chi connectivity index (χ0n) is 42.7. The van der Waals surface area contributed by atoms with E-state index in [2.05, 4.69) is 23.2 Å². The minimum atomic E-state index is -1.50. The van der Waals surface area contributed by atoms with Crippen molar-refractivity contribution in [2.75, 3.05) is 47.9 Å². The van der Waals surface area contributed by atoms with Crippen molar-refractivity contribution in [3.05, 3.63) is 54.2 Å². The molecule has 3 N–H and O–H groups in total. The highest BCUT2D eigenvalue weighted by atomic mass is 16.7. The van der Waals surface area contributed by atoms with Gasteiger partial charge in [0.25, 0.3) is 0 Å². The molecule has 70 heavy (non-hydrogen) atoms. The van der Waals surface area contributed by atoms with Crippen molar-refractivity contribution in [1.29, 1.82) is 0 Å². The quantitative estimate of drug-likeness (QED) is 0.0987. The molecule has 0 spiro atoms. The molecular formula is C52H79N3O15. The summed E-state index contributed by atoms with van der Waals surface area (Å²) in [5, 5.41) is 36.5. The number of fused-ring (bicyclic) bond motifs is 1. The van der Waals surface area contributed by atoms with E-state index in [0.29, 0.717) is 25.9 Å². The van der Waals surface area contributed by atoms with Crippen molar-refractivity contribution in [2.24, 2.45) is 17.8 Å². The predicted octanol–water partition coefficient (Wildman–Crippen LogP) is 4.16. The lowest BCUT2D eigenvalue weighted by molar-refractivity contribution is -0.344. The molecule has 18 heteroatoms. The standard InChI is InChI=1S/C52H79N3O15/c1-11-41(58)67-40-26-43(60)64-23-21-34(16-15-17-35-25-36-18-13-14-19-38(36)53-28-35)29-55(9)30-39(57)31(3)24-37(20-22-56)48(49(40)63-10)70-51-46(61)45(54(7)8)47(32(4)66-51)69-44-27-52(6,62)50(33(5)65-44)68-42(59)12-2/h13-16,18-19,22,25,28,31-34,37,39-40,44-51,57,61-62H,11-12,17,20-21,23-24,26-27,29-30H2,1-10H3/b16-15-/t31-,32?,33?,34?,37+,39+,40-,44+,45?,46?,47+,48+,49+,50+,51+,52?/m1/s1. The van der Waals surface area contributed by atoms with Crippen LogP contribution < -0.4 is 0 Å². The van der Waals surface area contributed by atoms with E-state index in [0.717, 1.165) is 22.8 Å². The first-order chi connectivity index (χ1) is 33.3. The molecule has 6 unspecified atom stereocenters. The number of allylic oxidation sites excluding steroid dienone is 1. The summed E-state index contributed by atoms with van der Waals surface area (Å²) >= 11 is 0. The number of benzene rings is 1. The lowest BCUT2D eigenvalue weighted by atomic mass is 9.82. The van der Waals surface area contributed by atoms with E-state index >= 15 is 0 Å². The Morgan fingerprint density at radius 2 is 1.70 bits per heavy atom. The number of likely N-dealkylation sites (N-methyl/N-ethyl adjacent to an activating group) is 2. The van der Waals surface area contributed by atoms with Gasteiger partial charge < -0.3 is 67.8 Å². The molecule has 0 aliphatic carbocycles. The van der Waals surface area contributed by atoms with Crippen LogP contribution in [0.2, 0.25) is 0 Å². The fraction of sp³-hybridized carbons (Fsp3) is 0.712. The van der Waals surface area contributed by atoms with E-state index in [-0.39, 0.29) is 44.6 Å². The van der Waals surface area contributed by atoms with Gasteiger partial charge >= 0.3 is 17.9 Å². The second-order valence-corrected chi connectivity index (χ2v) is 19.8. The molecule has 18 nitrogen and oxygen atoms in total. The number of β-amino-alcohol motifs (C(OH)–C–C–N with tert-alkyl or cyclic N) is 1. The number of carbonyl (C=O) groups is 4. The molecule has 4 heterocycles. The van der Waals surface area contributed by atoms with E-state index in [9.17, 15) is 34.5 Å². The highest BCUT2D eigenvalue weighted by Crippen LogP contribution is 2.38. The van der Waals surface area contributed by atoms with Crippen LogP contribution in [-0.2, 0) is 63.5 Å². The minimum absolute atomic E-state index is 0.0113. The number of ether oxygens (including phenoxy) is 8. The number of nitrogens with zero attached hydrogens (tertiary/aromatic N) is 3. The molecule has 3 aliphatic rings. The van der Waals surface area contributed by atoms with Crippen LogP contribution in [0.1, 0.15) is 92.1 Å². The molecule has 3 aliphatic heterocycles. The number of esters is 3. The van der Waals surface area contributed by atoms with Crippen molar-refractivity contribution in [2.45, 2.75) is 172 Å². The monoisotopic (exact) mass is 986 g/mol.